The van der Waals surface area contributed by atoms with Crippen molar-refractivity contribution in [3.05, 3.63) is 158 Å². The number of hydrogen-bond donors (Lipinski definition) is 0. The van der Waals surface area contributed by atoms with E-state index in [4.69, 9.17) is 4.42 Å². The molecule has 203 valence electrons. The number of benzene rings is 8. The Labute approximate surface area is 257 Å². The fraction of sp³-hybridized carbons (Fsp3) is 0. The zero-order valence-corrected chi connectivity index (χ0v) is 24.0. The zero-order valence-electron chi connectivity index (χ0n) is 24.0. The molecule has 3 radical (unpaired) electrons. The summed E-state index contributed by atoms with van der Waals surface area (Å²) >= 11 is 0. The van der Waals surface area contributed by atoms with E-state index in [0.717, 1.165) is 16.6 Å². The molecular weight excluding hydrogens is 531 g/mol. The maximum absolute atomic E-state index is 6.32. The lowest BCUT2D eigenvalue weighted by Crippen LogP contribution is -1.91. The number of furan rings is 1. The van der Waals surface area contributed by atoms with E-state index in [-0.39, 0.29) is 8.41 Å². The summed E-state index contributed by atoms with van der Waals surface area (Å²) in [5, 5.41) is 9.81. The molecule has 44 heavy (non-hydrogen) atoms. The van der Waals surface area contributed by atoms with Crippen LogP contribution < -0.4 is 0 Å². The summed E-state index contributed by atoms with van der Waals surface area (Å²) in [4.78, 5) is 0. The minimum absolute atomic E-state index is 0. The molecule has 1 aromatic heterocycles. The highest BCUT2D eigenvalue weighted by molar-refractivity contribution is 6.25. The molecule has 2 heteroatoms. The second-order valence-electron chi connectivity index (χ2n) is 11.2. The first kappa shape index (κ1) is 26.1. The first-order valence-electron chi connectivity index (χ1n) is 14.8. The Morgan fingerprint density at radius 3 is 1.59 bits per heavy atom. The molecule has 1 heterocycles. The number of rotatable bonds is 3. The van der Waals surface area contributed by atoms with Crippen molar-refractivity contribution in [2.24, 2.45) is 0 Å². The molecule has 0 spiro atoms. The highest BCUT2D eigenvalue weighted by Gasteiger charge is 2.20. The second-order valence-corrected chi connectivity index (χ2v) is 11.2. The molecule has 1 nitrogen and oxygen atoms in total. The molecule has 0 N–H and O–H groups in total. The van der Waals surface area contributed by atoms with Crippen molar-refractivity contribution in [2.45, 2.75) is 0 Å². The summed E-state index contributed by atoms with van der Waals surface area (Å²) in [5.41, 5.74) is 9.24. The third kappa shape index (κ3) is 3.88. The SMILES string of the molecule is [B].c1cc(-c2cccc3ccccc23)cc(-c2c3ccccc3c(-c3cccc4oc5ccccc5c34)c3ccccc23)c1. The Kier molecular flexibility index (Phi) is 6.10. The first-order chi connectivity index (χ1) is 21.3. The van der Waals surface area contributed by atoms with E-state index in [9.17, 15) is 0 Å². The Hall–Kier alpha value is -5.60. The quantitative estimate of drug-likeness (QED) is 0.156. The van der Waals surface area contributed by atoms with Crippen molar-refractivity contribution >= 4 is 62.7 Å². The maximum atomic E-state index is 6.32. The number of fused-ring (bicyclic) bond motifs is 6. The molecule has 0 aliphatic heterocycles. The largest absolute Gasteiger partial charge is 0.456 e. The number of hydrogen-bond acceptors (Lipinski definition) is 1. The average molecular weight is 557 g/mol. The second kappa shape index (κ2) is 10.3. The molecule has 0 unspecified atom stereocenters. The van der Waals surface area contributed by atoms with Gasteiger partial charge in [0.25, 0.3) is 0 Å². The van der Waals surface area contributed by atoms with E-state index in [1.165, 1.54) is 71.1 Å². The third-order valence-corrected chi connectivity index (χ3v) is 8.86. The fourth-order valence-electron chi connectivity index (χ4n) is 7.03. The van der Waals surface area contributed by atoms with Crippen molar-refractivity contribution in [1.29, 1.82) is 0 Å². The first-order valence-corrected chi connectivity index (χ1v) is 14.8. The van der Waals surface area contributed by atoms with Gasteiger partial charge in [0.05, 0.1) is 0 Å². The summed E-state index contributed by atoms with van der Waals surface area (Å²) < 4.78 is 6.32. The Morgan fingerprint density at radius 1 is 0.341 bits per heavy atom. The highest BCUT2D eigenvalue weighted by Crippen LogP contribution is 2.47. The van der Waals surface area contributed by atoms with Gasteiger partial charge in [0, 0.05) is 19.2 Å². The van der Waals surface area contributed by atoms with Crippen LogP contribution in [0.1, 0.15) is 0 Å². The van der Waals surface area contributed by atoms with Crippen molar-refractivity contribution < 1.29 is 4.42 Å². The van der Waals surface area contributed by atoms with Gasteiger partial charge in [0.1, 0.15) is 11.2 Å². The van der Waals surface area contributed by atoms with Crippen molar-refractivity contribution in [2.75, 3.05) is 0 Å². The van der Waals surface area contributed by atoms with E-state index in [2.05, 4.69) is 152 Å². The topological polar surface area (TPSA) is 13.1 Å². The van der Waals surface area contributed by atoms with E-state index >= 15 is 0 Å². The predicted molar refractivity (Wildman–Crippen MR) is 188 cm³/mol. The molecule has 0 aliphatic rings. The zero-order chi connectivity index (χ0) is 28.3. The summed E-state index contributed by atoms with van der Waals surface area (Å²) in [6.07, 6.45) is 0. The Bertz CT molecular complexity index is 2460. The Morgan fingerprint density at radius 2 is 0.841 bits per heavy atom. The smallest absolute Gasteiger partial charge is 0.136 e. The summed E-state index contributed by atoms with van der Waals surface area (Å²) in [5.74, 6) is 0. The van der Waals surface area contributed by atoms with Crippen molar-refractivity contribution in [3.8, 4) is 33.4 Å². The minimum Gasteiger partial charge on any atom is -0.456 e. The van der Waals surface area contributed by atoms with Gasteiger partial charge in [-0.15, -0.1) is 0 Å². The highest BCUT2D eigenvalue weighted by atomic mass is 16.3. The lowest BCUT2D eigenvalue weighted by Gasteiger charge is -2.19. The molecule has 0 bridgehead atoms. The van der Waals surface area contributed by atoms with Gasteiger partial charge in [-0.3, -0.25) is 0 Å². The molecular formula is C42H26BO. The molecule has 9 rings (SSSR count). The minimum atomic E-state index is 0. The van der Waals surface area contributed by atoms with E-state index in [0.29, 0.717) is 0 Å². The normalized spacial score (nSPS) is 11.5. The fourth-order valence-corrected chi connectivity index (χ4v) is 7.03. The standard InChI is InChI=1S/C42H26O.B/c1-2-16-30-27(12-1)13-10-22-31(30)28-14-9-15-29(26-28)40-32-17-3-5-19-34(32)41(35-20-6-4-18-33(35)40)37-23-11-25-39-42(37)36-21-7-8-24-38(36)43-39;/h1-26H;. The molecule has 9 aromatic rings. The molecule has 0 atom stereocenters. The van der Waals surface area contributed by atoms with E-state index in [1.54, 1.807) is 0 Å². The summed E-state index contributed by atoms with van der Waals surface area (Å²) in [7, 11) is 0. The predicted octanol–water partition coefficient (Wildman–Crippen LogP) is 11.7. The van der Waals surface area contributed by atoms with Crippen LogP contribution in [0.3, 0.4) is 0 Å². The van der Waals surface area contributed by atoms with Crippen molar-refractivity contribution in [3.63, 3.8) is 0 Å². The molecule has 0 saturated heterocycles. The number of para-hydroxylation sites is 1. The lowest BCUT2D eigenvalue weighted by molar-refractivity contribution is 0.669. The molecule has 0 amide bonds. The van der Waals surface area contributed by atoms with Crippen LogP contribution in [0.2, 0.25) is 0 Å². The van der Waals surface area contributed by atoms with Crippen LogP contribution in [0.5, 0.6) is 0 Å². The van der Waals surface area contributed by atoms with Gasteiger partial charge in [-0.05, 0) is 83.9 Å². The van der Waals surface area contributed by atoms with Crippen LogP contribution >= 0.6 is 0 Å². The van der Waals surface area contributed by atoms with Crippen LogP contribution in [-0.4, -0.2) is 8.41 Å². The van der Waals surface area contributed by atoms with Gasteiger partial charge in [0.15, 0.2) is 0 Å². The average Bonchev–Trinajstić information content (AvgIpc) is 3.46. The van der Waals surface area contributed by atoms with Gasteiger partial charge in [-0.2, -0.15) is 0 Å². The Balaban J connectivity index is 0.00000289. The summed E-state index contributed by atoms with van der Waals surface area (Å²) in [6, 6.07) is 56.8. The van der Waals surface area contributed by atoms with E-state index in [1.807, 2.05) is 6.07 Å². The van der Waals surface area contributed by atoms with E-state index < -0.39 is 0 Å². The molecule has 0 aliphatic carbocycles. The molecule has 0 saturated carbocycles. The van der Waals surface area contributed by atoms with Crippen LogP contribution in [0.4, 0.5) is 0 Å². The van der Waals surface area contributed by atoms with Crippen LogP contribution in [0, 0.1) is 0 Å². The molecule has 8 aromatic carbocycles. The maximum Gasteiger partial charge on any atom is 0.136 e. The van der Waals surface area contributed by atoms with Gasteiger partial charge in [-0.25, -0.2) is 0 Å². The van der Waals surface area contributed by atoms with Gasteiger partial charge < -0.3 is 4.42 Å². The van der Waals surface area contributed by atoms with Crippen molar-refractivity contribution in [1.82, 2.24) is 0 Å². The van der Waals surface area contributed by atoms with Gasteiger partial charge in [0.2, 0.25) is 0 Å². The van der Waals surface area contributed by atoms with Gasteiger partial charge in [-0.1, -0.05) is 140 Å². The van der Waals surface area contributed by atoms with Crippen LogP contribution in [-0.2, 0) is 0 Å². The van der Waals surface area contributed by atoms with Gasteiger partial charge >= 0.3 is 0 Å². The molecule has 0 fully saturated rings. The summed E-state index contributed by atoms with van der Waals surface area (Å²) in [6.45, 7) is 0. The van der Waals surface area contributed by atoms with Crippen LogP contribution in [0.25, 0.3) is 87.6 Å². The van der Waals surface area contributed by atoms with Crippen LogP contribution in [0.15, 0.2) is 162 Å². The third-order valence-electron chi connectivity index (χ3n) is 8.86. The monoisotopic (exact) mass is 557 g/mol. The lowest BCUT2D eigenvalue weighted by atomic mass is 9.84.